The number of halogens is 1. The second-order valence-electron chi connectivity index (χ2n) is 5.79. The summed E-state index contributed by atoms with van der Waals surface area (Å²) in [5.41, 5.74) is 1.03. The predicted molar refractivity (Wildman–Crippen MR) is 80.5 cm³/mol. The van der Waals surface area contributed by atoms with Crippen molar-refractivity contribution in [2.75, 3.05) is 6.54 Å². The second-order valence-corrected chi connectivity index (χ2v) is 5.79. The van der Waals surface area contributed by atoms with Gasteiger partial charge in [-0.2, -0.15) is 5.10 Å². The summed E-state index contributed by atoms with van der Waals surface area (Å²) in [4.78, 5) is 6.52. The zero-order chi connectivity index (χ0) is 15.5. The molecule has 5 nitrogen and oxygen atoms in total. The highest BCUT2D eigenvalue weighted by atomic mass is 19.1. The fourth-order valence-corrected chi connectivity index (χ4v) is 3.08. The molecular weight excluding hydrogens is 283 g/mol. The third-order valence-electron chi connectivity index (χ3n) is 4.11. The number of hydrogen-bond acceptors (Lipinski definition) is 4. The molecule has 1 aliphatic heterocycles. The normalized spacial score (nSPS) is 22.3. The van der Waals surface area contributed by atoms with E-state index in [9.17, 15) is 9.50 Å². The van der Waals surface area contributed by atoms with Crippen LogP contribution in [-0.4, -0.2) is 37.4 Å². The smallest absolute Gasteiger partial charge is 0.141 e. The van der Waals surface area contributed by atoms with Gasteiger partial charge in [0.15, 0.2) is 0 Å². The molecular formula is C16H21FN4O. The Morgan fingerprint density at radius 3 is 2.82 bits per heavy atom. The van der Waals surface area contributed by atoms with Gasteiger partial charge in [-0.1, -0.05) is 19.1 Å². The molecule has 1 fully saturated rings. The summed E-state index contributed by atoms with van der Waals surface area (Å²) in [6.45, 7) is 4.18. The minimum atomic E-state index is -0.363. The van der Waals surface area contributed by atoms with Crippen LogP contribution in [0.2, 0.25) is 0 Å². The van der Waals surface area contributed by atoms with Gasteiger partial charge >= 0.3 is 0 Å². The Morgan fingerprint density at radius 1 is 1.32 bits per heavy atom. The number of aryl methyl sites for hydroxylation is 1. The van der Waals surface area contributed by atoms with Crippen LogP contribution in [0.1, 0.15) is 37.2 Å². The van der Waals surface area contributed by atoms with E-state index in [0.29, 0.717) is 19.5 Å². The van der Waals surface area contributed by atoms with Crippen LogP contribution in [0, 0.1) is 5.82 Å². The van der Waals surface area contributed by atoms with Crippen molar-refractivity contribution < 1.29 is 9.50 Å². The van der Waals surface area contributed by atoms with Gasteiger partial charge in [0, 0.05) is 19.1 Å². The Kier molecular flexibility index (Phi) is 4.49. The molecule has 1 aromatic carbocycles. The van der Waals surface area contributed by atoms with Gasteiger partial charge in [0.1, 0.15) is 18.0 Å². The van der Waals surface area contributed by atoms with Crippen molar-refractivity contribution in [3.63, 3.8) is 0 Å². The van der Waals surface area contributed by atoms with E-state index in [-0.39, 0.29) is 18.0 Å². The lowest BCUT2D eigenvalue weighted by atomic mass is 10.0. The second kappa shape index (κ2) is 6.54. The summed E-state index contributed by atoms with van der Waals surface area (Å²) in [6.07, 6.45) is 2.87. The van der Waals surface area contributed by atoms with Crippen molar-refractivity contribution in [2.24, 2.45) is 0 Å². The molecule has 1 N–H and O–H groups in total. The zero-order valence-corrected chi connectivity index (χ0v) is 12.7. The molecule has 3 rings (SSSR count). The summed E-state index contributed by atoms with van der Waals surface area (Å²) in [6, 6.07) is 6.61. The third kappa shape index (κ3) is 3.18. The zero-order valence-electron chi connectivity index (χ0n) is 12.7. The maximum Gasteiger partial charge on any atom is 0.141 e. The van der Waals surface area contributed by atoms with Crippen LogP contribution in [0.25, 0.3) is 0 Å². The number of likely N-dealkylation sites (tertiary alicyclic amines) is 1. The summed E-state index contributed by atoms with van der Waals surface area (Å²) in [5.74, 6) is 0.666. The molecule has 1 saturated heterocycles. The first-order valence-corrected chi connectivity index (χ1v) is 7.71. The lowest BCUT2D eigenvalue weighted by Crippen LogP contribution is -2.26. The van der Waals surface area contributed by atoms with E-state index in [1.807, 2.05) is 4.68 Å². The summed E-state index contributed by atoms with van der Waals surface area (Å²) < 4.78 is 15.0. The number of aliphatic hydroxyl groups excluding tert-OH is 1. The van der Waals surface area contributed by atoms with E-state index >= 15 is 0 Å². The number of β-amino-alcohol motifs (C(OH)–C–C–N with tert-alkyl or cyclic N) is 1. The maximum absolute atomic E-state index is 13.1. The molecule has 0 amide bonds. The molecule has 0 radical (unpaired) electrons. The van der Waals surface area contributed by atoms with Crippen LogP contribution in [0.5, 0.6) is 0 Å². The number of aliphatic hydroxyl groups is 1. The first-order chi connectivity index (χ1) is 10.7. The van der Waals surface area contributed by atoms with Gasteiger partial charge in [-0.05, 0) is 30.5 Å². The van der Waals surface area contributed by atoms with Gasteiger partial charge in [-0.3, -0.25) is 4.90 Å². The molecule has 0 bridgehead atoms. The quantitative estimate of drug-likeness (QED) is 0.919. The van der Waals surface area contributed by atoms with Crippen molar-refractivity contribution in [1.82, 2.24) is 19.7 Å². The van der Waals surface area contributed by atoms with Gasteiger partial charge in [0.25, 0.3) is 0 Å². The lowest BCUT2D eigenvalue weighted by molar-refractivity contribution is 0.170. The number of aromatic nitrogens is 3. The fraction of sp³-hybridized carbons (Fsp3) is 0.500. The standard InChI is InChI=1S/C16H21FN4O/c1-2-7-21-16(18-11-19-21)10-20-9-14(22)8-15(20)12-3-5-13(17)6-4-12/h3-6,11,14-15,22H,2,7-10H2,1H3/t14-,15+/m0/s1. The maximum atomic E-state index is 13.1. The van der Waals surface area contributed by atoms with Crippen LogP contribution in [-0.2, 0) is 13.1 Å². The van der Waals surface area contributed by atoms with Crippen molar-refractivity contribution in [2.45, 2.75) is 45.0 Å². The van der Waals surface area contributed by atoms with Crippen LogP contribution >= 0.6 is 0 Å². The van der Waals surface area contributed by atoms with Gasteiger partial charge in [0.2, 0.25) is 0 Å². The molecule has 2 atom stereocenters. The molecule has 2 aromatic rings. The molecule has 1 aliphatic rings. The average molecular weight is 304 g/mol. The minimum Gasteiger partial charge on any atom is -0.392 e. The van der Waals surface area contributed by atoms with Crippen LogP contribution in [0.15, 0.2) is 30.6 Å². The Balaban J connectivity index is 1.78. The van der Waals surface area contributed by atoms with E-state index in [0.717, 1.165) is 24.4 Å². The minimum absolute atomic E-state index is 0.0855. The van der Waals surface area contributed by atoms with E-state index in [1.165, 1.54) is 12.1 Å². The molecule has 0 saturated carbocycles. The summed E-state index contributed by atoms with van der Waals surface area (Å²) >= 11 is 0. The van der Waals surface area contributed by atoms with Gasteiger partial charge < -0.3 is 5.11 Å². The average Bonchev–Trinajstić information content (AvgIpc) is 3.08. The Hall–Kier alpha value is -1.79. The Morgan fingerprint density at radius 2 is 2.09 bits per heavy atom. The van der Waals surface area contributed by atoms with Gasteiger partial charge in [-0.15, -0.1) is 0 Å². The van der Waals surface area contributed by atoms with E-state index < -0.39 is 0 Å². The molecule has 1 aromatic heterocycles. The first kappa shape index (κ1) is 15.1. The largest absolute Gasteiger partial charge is 0.392 e. The SMILES string of the molecule is CCCn1ncnc1CN1C[C@@H](O)C[C@@H]1c1ccc(F)cc1. The lowest BCUT2D eigenvalue weighted by Gasteiger charge is -2.24. The molecule has 0 spiro atoms. The van der Waals surface area contributed by atoms with E-state index in [4.69, 9.17) is 0 Å². The molecule has 6 heteroatoms. The highest BCUT2D eigenvalue weighted by Gasteiger charge is 2.32. The molecule has 118 valence electrons. The molecule has 22 heavy (non-hydrogen) atoms. The van der Waals surface area contributed by atoms with Crippen molar-refractivity contribution in [3.8, 4) is 0 Å². The van der Waals surface area contributed by atoms with Crippen LogP contribution in [0.3, 0.4) is 0 Å². The summed E-state index contributed by atoms with van der Waals surface area (Å²) in [7, 11) is 0. The van der Waals surface area contributed by atoms with Crippen LogP contribution in [0.4, 0.5) is 4.39 Å². The number of hydrogen-bond donors (Lipinski definition) is 1. The molecule has 0 unspecified atom stereocenters. The topological polar surface area (TPSA) is 54.2 Å². The van der Waals surface area contributed by atoms with Crippen molar-refractivity contribution in [1.29, 1.82) is 0 Å². The Bertz CT molecular complexity index is 613. The third-order valence-corrected chi connectivity index (χ3v) is 4.11. The van der Waals surface area contributed by atoms with E-state index in [2.05, 4.69) is 21.9 Å². The monoisotopic (exact) mass is 304 g/mol. The molecule has 0 aliphatic carbocycles. The molecule has 2 heterocycles. The van der Waals surface area contributed by atoms with Crippen LogP contribution < -0.4 is 0 Å². The van der Waals surface area contributed by atoms with Gasteiger partial charge in [-0.25, -0.2) is 14.1 Å². The number of rotatable bonds is 5. The van der Waals surface area contributed by atoms with Gasteiger partial charge in [0.05, 0.1) is 12.6 Å². The van der Waals surface area contributed by atoms with Crippen molar-refractivity contribution >= 4 is 0 Å². The number of benzene rings is 1. The number of nitrogens with zero attached hydrogens (tertiary/aromatic N) is 4. The van der Waals surface area contributed by atoms with Crippen molar-refractivity contribution in [3.05, 3.63) is 47.8 Å². The Labute approximate surface area is 129 Å². The predicted octanol–water partition coefficient (Wildman–Crippen LogP) is 2.14. The summed E-state index contributed by atoms with van der Waals surface area (Å²) in [5, 5.41) is 14.3. The highest BCUT2D eigenvalue weighted by Crippen LogP contribution is 2.33. The first-order valence-electron chi connectivity index (χ1n) is 7.71. The highest BCUT2D eigenvalue weighted by molar-refractivity contribution is 5.21. The fourth-order valence-electron chi connectivity index (χ4n) is 3.08. The van der Waals surface area contributed by atoms with E-state index in [1.54, 1.807) is 18.5 Å².